The van der Waals surface area contributed by atoms with Crippen LogP contribution in [0.25, 0.3) is 10.9 Å². The molecule has 3 rings (SSSR count). The van der Waals surface area contributed by atoms with E-state index in [1.54, 1.807) is 0 Å². The number of benzene rings is 2. The van der Waals surface area contributed by atoms with Crippen LogP contribution < -0.4 is 4.74 Å². The third-order valence-corrected chi connectivity index (χ3v) is 2.70. The molecule has 0 radical (unpaired) electrons. The van der Waals surface area contributed by atoms with Crippen LogP contribution in [0, 0.1) is 0 Å². The number of aromatic nitrogens is 2. The van der Waals surface area contributed by atoms with Gasteiger partial charge in [0.2, 0.25) is 0 Å². The molecule has 0 unspecified atom stereocenters. The Balaban J connectivity index is 1.98. The van der Waals surface area contributed by atoms with Crippen molar-refractivity contribution in [3.8, 4) is 11.5 Å². The van der Waals surface area contributed by atoms with Crippen molar-refractivity contribution in [2.24, 2.45) is 7.05 Å². The first kappa shape index (κ1) is 9.90. The molecule has 2 aromatic carbocycles. The van der Waals surface area contributed by atoms with Gasteiger partial charge in [-0.3, -0.25) is 4.68 Å². The number of hydrogen-bond acceptors (Lipinski definition) is 2. The van der Waals surface area contributed by atoms with Crippen molar-refractivity contribution in [3.63, 3.8) is 0 Å². The fourth-order valence-corrected chi connectivity index (χ4v) is 1.81. The molecule has 1 heterocycles. The standard InChI is InChI=1S/C14H12N2O/c1-16-14-9-13(8-7-11(14)10-15-16)17-12-5-3-2-4-6-12/h2-10H,1H3. The van der Waals surface area contributed by atoms with E-state index in [2.05, 4.69) is 5.10 Å². The predicted octanol–water partition coefficient (Wildman–Crippen LogP) is 3.37. The lowest BCUT2D eigenvalue weighted by molar-refractivity contribution is 0.483. The number of para-hydroxylation sites is 1. The summed E-state index contributed by atoms with van der Waals surface area (Å²) in [6.45, 7) is 0. The predicted molar refractivity (Wildman–Crippen MR) is 67.2 cm³/mol. The largest absolute Gasteiger partial charge is 0.457 e. The lowest BCUT2D eigenvalue weighted by Crippen LogP contribution is -1.89. The number of fused-ring (bicyclic) bond motifs is 1. The van der Waals surface area contributed by atoms with Gasteiger partial charge in [-0.2, -0.15) is 5.10 Å². The molecule has 0 saturated carbocycles. The van der Waals surface area contributed by atoms with Crippen LogP contribution in [0.1, 0.15) is 0 Å². The number of ether oxygens (including phenoxy) is 1. The van der Waals surface area contributed by atoms with Crippen molar-refractivity contribution in [2.75, 3.05) is 0 Å². The Hall–Kier alpha value is -2.29. The molecule has 3 nitrogen and oxygen atoms in total. The van der Waals surface area contributed by atoms with Crippen molar-refractivity contribution in [1.82, 2.24) is 9.78 Å². The first-order chi connectivity index (χ1) is 8.33. The minimum absolute atomic E-state index is 0.826. The molecule has 0 N–H and O–H groups in total. The Bertz CT molecular complexity index is 644. The van der Waals surface area contributed by atoms with Crippen molar-refractivity contribution >= 4 is 10.9 Å². The highest BCUT2D eigenvalue weighted by molar-refractivity contribution is 5.80. The zero-order valence-electron chi connectivity index (χ0n) is 9.50. The second-order valence-electron chi connectivity index (χ2n) is 3.90. The summed E-state index contributed by atoms with van der Waals surface area (Å²) in [6, 6.07) is 15.7. The normalized spacial score (nSPS) is 10.6. The fourth-order valence-electron chi connectivity index (χ4n) is 1.81. The SMILES string of the molecule is Cn1ncc2ccc(Oc3ccccc3)cc21. The maximum Gasteiger partial charge on any atom is 0.129 e. The van der Waals surface area contributed by atoms with Crippen LogP contribution in [-0.4, -0.2) is 9.78 Å². The first-order valence-electron chi connectivity index (χ1n) is 5.47. The van der Waals surface area contributed by atoms with Gasteiger partial charge < -0.3 is 4.74 Å². The van der Waals surface area contributed by atoms with Crippen LogP contribution in [0.3, 0.4) is 0 Å². The maximum absolute atomic E-state index is 5.77. The summed E-state index contributed by atoms with van der Waals surface area (Å²) in [5.41, 5.74) is 1.07. The van der Waals surface area contributed by atoms with E-state index in [0.29, 0.717) is 0 Å². The molecule has 0 aliphatic heterocycles. The Morgan fingerprint density at radius 2 is 1.82 bits per heavy atom. The van der Waals surface area contributed by atoms with Gasteiger partial charge in [0.15, 0.2) is 0 Å². The van der Waals surface area contributed by atoms with Gasteiger partial charge >= 0.3 is 0 Å². The van der Waals surface area contributed by atoms with Gasteiger partial charge in [0.05, 0.1) is 11.7 Å². The Morgan fingerprint density at radius 3 is 2.65 bits per heavy atom. The highest BCUT2D eigenvalue weighted by Crippen LogP contribution is 2.24. The fraction of sp³-hybridized carbons (Fsp3) is 0.0714. The summed E-state index contributed by atoms with van der Waals surface area (Å²) in [6.07, 6.45) is 1.85. The average molecular weight is 224 g/mol. The molecule has 0 amide bonds. The van der Waals surface area contributed by atoms with Gasteiger partial charge in [0, 0.05) is 18.5 Å². The number of rotatable bonds is 2. The van der Waals surface area contributed by atoms with E-state index in [1.807, 2.05) is 66.5 Å². The monoisotopic (exact) mass is 224 g/mol. The van der Waals surface area contributed by atoms with Gasteiger partial charge in [0.25, 0.3) is 0 Å². The Morgan fingerprint density at radius 1 is 1.00 bits per heavy atom. The third-order valence-electron chi connectivity index (χ3n) is 2.70. The van der Waals surface area contributed by atoms with Crippen molar-refractivity contribution < 1.29 is 4.74 Å². The van der Waals surface area contributed by atoms with Gasteiger partial charge in [-0.25, -0.2) is 0 Å². The molecule has 0 aliphatic rings. The smallest absolute Gasteiger partial charge is 0.129 e. The lowest BCUT2D eigenvalue weighted by Gasteiger charge is -2.05. The van der Waals surface area contributed by atoms with Crippen LogP contribution in [0.15, 0.2) is 54.7 Å². The van der Waals surface area contributed by atoms with E-state index >= 15 is 0 Å². The molecular formula is C14H12N2O. The zero-order valence-corrected chi connectivity index (χ0v) is 9.50. The highest BCUT2D eigenvalue weighted by atomic mass is 16.5. The lowest BCUT2D eigenvalue weighted by atomic mass is 10.2. The molecule has 0 bridgehead atoms. The average Bonchev–Trinajstić information content (AvgIpc) is 2.73. The third kappa shape index (κ3) is 1.87. The van der Waals surface area contributed by atoms with Crippen LogP contribution in [-0.2, 0) is 7.05 Å². The van der Waals surface area contributed by atoms with Crippen molar-refractivity contribution in [2.45, 2.75) is 0 Å². The number of hydrogen-bond donors (Lipinski definition) is 0. The van der Waals surface area contributed by atoms with Crippen LogP contribution in [0.4, 0.5) is 0 Å². The van der Waals surface area contributed by atoms with Crippen LogP contribution in [0.5, 0.6) is 11.5 Å². The molecule has 0 spiro atoms. The Labute approximate surface area is 99.3 Å². The van der Waals surface area contributed by atoms with E-state index in [-0.39, 0.29) is 0 Å². The first-order valence-corrected chi connectivity index (χ1v) is 5.47. The quantitative estimate of drug-likeness (QED) is 0.667. The maximum atomic E-state index is 5.77. The molecule has 3 heteroatoms. The molecule has 84 valence electrons. The van der Waals surface area contributed by atoms with E-state index in [0.717, 1.165) is 22.4 Å². The summed E-state index contributed by atoms with van der Waals surface area (Å²) in [5.74, 6) is 1.67. The summed E-state index contributed by atoms with van der Waals surface area (Å²) in [7, 11) is 1.93. The second-order valence-corrected chi connectivity index (χ2v) is 3.90. The minimum Gasteiger partial charge on any atom is -0.457 e. The molecule has 1 aromatic heterocycles. The summed E-state index contributed by atoms with van der Waals surface area (Å²) in [4.78, 5) is 0. The molecule has 17 heavy (non-hydrogen) atoms. The van der Waals surface area contributed by atoms with Gasteiger partial charge in [-0.05, 0) is 24.3 Å². The van der Waals surface area contributed by atoms with Gasteiger partial charge in [0.1, 0.15) is 11.5 Å². The summed E-state index contributed by atoms with van der Waals surface area (Å²) in [5, 5.41) is 5.32. The zero-order chi connectivity index (χ0) is 11.7. The number of aryl methyl sites for hydroxylation is 1. The minimum atomic E-state index is 0.826. The molecule has 0 atom stereocenters. The van der Waals surface area contributed by atoms with Crippen molar-refractivity contribution in [1.29, 1.82) is 0 Å². The van der Waals surface area contributed by atoms with E-state index in [9.17, 15) is 0 Å². The van der Waals surface area contributed by atoms with Crippen LogP contribution >= 0.6 is 0 Å². The summed E-state index contributed by atoms with van der Waals surface area (Å²) < 4.78 is 7.61. The van der Waals surface area contributed by atoms with Crippen molar-refractivity contribution in [3.05, 3.63) is 54.7 Å². The molecule has 0 saturated heterocycles. The Kier molecular flexibility index (Phi) is 2.29. The van der Waals surface area contributed by atoms with E-state index in [4.69, 9.17) is 4.74 Å². The highest BCUT2D eigenvalue weighted by Gasteiger charge is 2.02. The van der Waals surface area contributed by atoms with E-state index < -0.39 is 0 Å². The van der Waals surface area contributed by atoms with E-state index in [1.165, 1.54) is 0 Å². The molecule has 0 aliphatic carbocycles. The molecular weight excluding hydrogens is 212 g/mol. The van der Waals surface area contributed by atoms with Crippen LogP contribution in [0.2, 0.25) is 0 Å². The topological polar surface area (TPSA) is 27.1 Å². The molecule has 0 fully saturated rings. The van der Waals surface area contributed by atoms with Gasteiger partial charge in [-0.1, -0.05) is 18.2 Å². The number of nitrogens with zero attached hydrogens (tertiary/aromatic N) is 2. The molecule has 3 aromatic rings. The van der Waals surface area contributed by atoms with Gasteiger partial charge in [-0.15, -0.1) is 0 Å². The summed E-state index contributed by atoms with van der Waals surface area (Å²) >= 11 is 0. The second kappa shape index (κ2) is 3.94.